The van der Waals surface area contributed by atoms with Crippen LogP contribution < -0.4 is 5.32 Å². The number of hydrogen-bond acceptors (Lipinski definition) is 4. The van der Waals surface area contributed by atoms with Gasteiger partial charge in [0.25, 0.3) is 5.91 Å². The first kappa shape index (κ1) is 24.5. The molecule has 0 aliphatic carbocycles. The van der Waals surface area contributed by atoms with E-state index >= 15 is 0 Å². The van der Waals surface area contributed by atoms with E-state index in [1.165, 1.54) is 4.31 Å². The zero-order valence-corrected chi connectivity index (χ0v) is 21.0. The number of rotatable bonds is 6. The molecule has 3 heterocycles. The number of H-pyrrole nitrogens is 1. The highest BCUT2D eigenvalue weighted by Gasteiger charge is 2.38. The molecule has 2 aliphatic heterocycles. The van der Waals surface area contributed by atoms with Crippen molar-refractivity contribution in [3.05, 3.63) is 52.3 Å². The summed E-state index contributed by atoms with van der Waals surface area (Å²) in [5.74, 6) is -0.489. The first-order chi connectivity index (χ1) is 16.2. The number of aromatic nitrogens is 1. The Morgan fingerprint density at radius 1 is 1.03 bits per heavy atom. The second-order valence-corrected chi connectivity index (χ2v) is 11.3. The van der Waals surface area contributed by atoms with Gasteiger partial charge in [-0.3, -0.25) is 9.59 Å². The van der Waals surface area contributed by atoms with Crippen LogP contribution in [0.25, 0.3) is 0 Å². The summed E-state index contributed by atoms with van der Waals surface area (Å²) in [6, 6.07) is 8.00. The molecule has 1 aromatic carbocycles. The lowest BCUT2D eigenvalue weighted by Gasteiger charge is -2.31. The lowest BCUT2D eigenvalue weighted by Crippen LogP contribution is -2.43. The molecular weight excluding hydrogens is 452 g/mol. The van der Waals surface area contributed by atoms with Crippen molar-refractivity contribution >= 4 is 21.8 Å². The molecule has 0 radical (unpaired) electrons. The minimum absolute atomic E-state index is 0.0443. The van der Waals surface area contributed by atoms with Crippen LogP contribution >= 0.6 is 0 Å². The number of sulfonamides is 1. The first-order valence-electron chi connectivity index (χ1n) is 12.0. The summed E-state index contributed by atoms with van der Waals surface area (Å²) in [6.07, 6.45) is 2.79. The second-order valence-electron chi connectivity index (χ2n) is 9.46. The van der Waals surface area contributed by atoms with Crippen LogP contribution in [0.15, 0.2) is 29.2 Å². The fraction of sp³-hybridized carbons (Fsp3) is 0.520. The Hall–Kier alpha value is -2.65. The summed E-state index contributed by atoms with van der Waals surface area (Å²) in [6.45, 7) is 7.75. The Kier molecular flexibility index (Phi) is 7.14. The van der Waals surface area contributed by atoms with Gasteiger partial charge in [-0.25, -0.2) is 8.42 Å². The maximum atomic E-state index is 13.6. The average molecular weight is 487 g/mol. The number of hydrogen-bond donors (Lipinski definition) is 2. The van der Waals surface area contributed by atoms with Gasteiger partial charge in [-0.15, -0.1) is 0 Å². The zero-order chi connectivity index (χ0) is 24.5. The summed E-state index contributed by atoms with van der Waals surface area (Å²) >= 11 is 0. The van der Waals surface area contributed by atoms with Gasteiger partial charge in [0.15, 0.2) is 0 Å². The van der Waals surface area contributed by atoms with E-state index in [4.69, 9.17) is 0 Å². The number of benzene rings is 1. The van der Waals surface area contributed by atoms with Crippen LogP contribution in [-0.2, 0) is 21.4 Å². The highest BCUT2D eigenvalue weighted by Crippen LogP contribution is 2.31. The van der Waals surface area contributed by atoms with Crippen molar-refractivity contribution in [2.24, 2.45) is 5.92 Å². The molecule has 2 amide bonds. The van der Waals surface area contributed by atoms with E-state index in [1.54, 1.807) is 18.7 Å². The van der Waals surface area contributed by atoms with Crippen LogP contribution in [0.4, 0.5) is 0 Å². The number of carbonyl (C=O) groups excluding carboxylic acids is 2. The highest BCUT2D eigenvalue weighted by molar-refractivity contribution is 7.89. The largest absolute Gasteiger partial charge is 0.361 e. The van der Waals surface area contributed by atoms with E-state index in [2.05, 4.69) is 10.3 Å². The van der Waals surface area contributed by atoms with Crippen LogP contribution in [0.1, 0.15) is 58.6 Å². The van der Waals surface area contributed by atoms with Gasteiger partial charge in [0.05, 0.1) is 5.56 Å². The van der Waals surface area contributed by atoms with E-state index in [0.29, 0.717) is 43.9 Å². The molecular formula is C25H34N4O4S. The molecule has 8 nitrogen and oxygen atoms in total. The Morgan fingerprint density at radius 3 is 2.35 bits per heavy atom. The van der Waals surface area contributed by atoms with Crippen molar-refractivity contribution in [1.82, 2.24) is 19.5 Å². The SMILES string of the molecule is Cc1cccc(CNC(=O)C2CCN(S(=O)(=O)c3c(C)[nH]c(C)c3C(=O)N3CCCC3)CC2)c1. The molecule has 184 valence electrons. The number of aromatic amines is 1. The van der Waals surface area contributed by atoms with Crippen molar-refractivity contribution in [2.45, 2.75) is 57.9 Å². The lowest BCUT2D eigenvalue weighted by molar-refractivity contribution is -0.126. The zero-order valence-electron chi connectivity index (χ0n) is 20.2. The molecule has 1 aromatic heterocycles. The van der Waals surface area contributed by atoms with Crippen molar-refractivity contribution in [1.29, 1.82) is 0 Å². The molecule has 0 saturated carbocycles. The van der Waals surface area contributed by atoms with E-state index in [0.717, 1.165) is 24.0 Å². The molecule has 2 fully saturated rings. The minimum Gasteiger partial charge on any atom is -0.361 e. The van der Waals surface area contributed by atoms with Gasteiger partial charge in [-0.1, -0.05) is 29.8 Å². The third-order valence-corrected chi connectivity index (χ3v) is 8.97. The predicted octanol–water partition coefficient (Wildman–Crippen LogP) is 2.89. The van der Waals surface area contributed by atoms with E-state index in [1.807, 2.05) is 31.2 Å². The third-order valence-electron chi connectivity index (χ3n) is 6.90. The Morgan fingerprint density at radius 2 is 1.71 bits per heavy atom. The van der Waals surface area contributed by atoms with Crippen LogP contribution in [0.2, 0.25) is 0 Å². The number of carbonyl (C=O) groups is 2. The number of amides is 2. The van der Waals surface area contributed by atoms with Crippen molar-refractivity contribution in [3.63, 3.8) is 0 Å². The standard InChI is InChI=1S/C25H34N4O4S/c1-17-7-6-8-20(15-17)16-26-24(30)21-9-13-29(14-10-21)34(32,33)23-19(3)27-18(2)22(23)25(31)28-11-4-5-12-28/h6-8,15,21,27H,4-5,9-14,16H2,1-3H3,(H,26,30). The fourth-order valence-corrected chi connectivity index (χ4v) is 6.95. The molecule has 2 saturated heterocycles. The quantitative estimate of drug-likeness (QED) is 0.655. The van der Waals surface area contributed by atoms with Gasteiger partial charge >= 0.3 is 0 Å². The average Bonchev–Trinajstić information content (AvgIpc) is 3.45. The molecule has 0 atom stereocenters. The number of aryl methyl sites for hydroxylation is 3. The second kappa shape index (κ2) is 9.92. The summed E-state index contributed by atoms with van der Waals surface area (Å²) in [5, 5.41) is 2.99. The lowest BCUT2D eigenvalue weighted by atomic mass is 9.97. The number of nitrogens with one attached hydrogen (secondary N) is 2. The Bertz CT molecular complexity index is 1170. The molecule has 0 unspecified atom stereocenters. The van der Waals surface area contributed by atoms with E-state index in [-0.39, 0.29) is 41.3 Å². The number of piperidine rings is 1. The van der Waals surface area contributed by atoms with Gasteiger partial charge < -0.3 is 15.2 Å². The van der Waals surface area contributed by atoms with Gasteiger partial charge in [-0.05, 0) is 52.0 Å². The predicted molar refractivity (Wildman–Crippen MR) is 130 cm³/mol. The van der Waals surface area contributed by atoms with Crippen molar-refractivity contribution in [3.8, 4) is 0 Å². The monoisotopic (exact) mass is 486 g/mol. The van der Waals surface area contributed by atoms with Crippen molar-refractivity contribution in [2.75, 3.05) is 26.2 Å². The van der Waals surface area contributed by atoms with Crippen LogP contribution in [0.5, 0.6) is 0 Å². The van der Waals surface area contributed by atoms with E-state index in [9.17, 15) is 18.0 Å². The molecule has 34 heavy (non-hydrogen) atoms. The highest BCUT2D eigenvalue weighted by atomic mass is 32.2. The first-order valence-corrected chi connectivity index (χ1v) is 13.4. The van der Waals surface area contributed by atoms with Gasteiger partial charge in [0.2, 0.25) is 15.9 Å². The normalized spacial score (nSPS) is 17.8. The van der Waals surface area contributed by atoms with Crippen LogP contribution in [-0.4, -0.2) is 60.6 Å². The minimum atomic E-state index is -3.86. The molecule has 2 aliphatic rings. The molecule has 2 aromatic rings. The Balaban J connectivity index is 1.43. The third kappa shape index (κ3) is 4.90. The van der Waals surface area contributed by atoms with Crippen molar-refractivity contribution < 1.29 is 18.0 Å². The van der Waals surface area contributed by atoms with Crippen LogP contribution in [0.3, 0.4) is 0 Å². The topological polar surface area (TPSA) is 103 Å². The smallest absolute Gasteiger partial charge is 0.257 e. The number of likely N-dealkylation sites (tertiary alicyclic amines) is 1. The molecule has 0 bridgehead atoms. The molecule has 0 spiro atoms. The molecule has 4 rings (SSSR count). The molecule has 9 heteroatoms. The number of nitrogens with zero attached hydrogens (tertiary/aromatic N) is 2. The van der Waals surface area contributed by atoms with Gasteiger partial charge in [-0.2, -0.15) is 4.31 Å². The van der Waals surface area contributed by atoms with Crippen LogP contribution in [0, 0.1) is 26.7 Å². The van der Waals surface area contributed by atoms with Gasteiger partial charge in [0, 0.05) is 50.0 Å². The Labute approximate surface area is 201 Å². The van der Waals surface area contributed by atoms with E-state index < -0.39 is 10.0 Å². The maximum absolute atomic E-state index is 13.6. The molecule has 2 N–H and O–H groups in total. The fourth-order valence-electron chi connectivity index (χ4n) is 5.06. The maximum Gasteiger partial charge on any atom is 0.257 e. The van der Waals surface area contributed by atoms with Gasteiger partial charge in [0.1, 0.15) is 4.90 Å². The summed E-state index contributed by atoms with van der Waals surface area (Å²) in [5.41, 5.74) is 3.51. The summed E-state index contributed by atoms with van der Waals surface area (Å²) < 4.78 is 28.7. The summed E-state index contributed by atoms with van der Waals surface area (Å²) in [4.78, 5) is 30.7. The summed E-state index contributed by atoms with van der Waals surface area (Å²) in [7, 11) is -3.86.